The number of amides is 1. The average Bonchev–Trinajstić information content (AvgIpc) is 3.03. The predicted molar refractivity (Wildman–Crippen MR) is 85.5 cm³/mol. The molecule has 0 aliphatic carbocycles. The van der Waals surface area contributed by atoms with Crippen LogP contribution in [0.4, 0.5) is 0 Å². The summed E-state index contributed by atoms with van der Waals surface area (Å²) in [7, 11) is 0.351. The lowest BCUT2D eigenvalue weighted by molar-refractivity contribution is -0.141. The van der Waals surface area contributed by atoms with Crippen LogP contribution in [0.3, 0.4) is 0 Å². The van der Waals surface area contributed by atoms with Crippen LogP contribution < -0.4 is 4.74 Å². The highest BCUT2D eigenvalue weighted by Gasteiger charge is 2.32. The number of sulfonamides is 1. The molecule has 1 amide bonds. The van der Waals surface area contributed by atoms with E-state index in [2.05, 4.69) is 0 Å². The van der Waals surface area contributed by atoms with Crippen molar-refractivity contribution in [1.82, 2.24) is 9.21 Å². The summed E-state index contributed by atoms with van der Waals surface area (Å²) in [5.74, 6) is -1.77. The summed E-state index contributed by atoms with van der Waals surface area (Å²) < 4.78 is 30.9. The van der Waals surface area contributed by atoms with Crippen LogP contribution in [0.5, 0.6) is 5.75 Å². The first-order chi connectivity index (χ1) is 11.2. The Morgan fingerprint density at radius 3 is 2.50 bits per heavy atom. The van der Waals surface area contributed by atoms with Gasteiger partial charge in [-0.05, 0) is 24.6 Å². The van der Waals surface area contributed by atoms with Crippen molar-refractivity contribution in [2.24, 2.45) is 5.92 Å². The maximum absolute atomic E-state index is 12.5. The van der Waals surface area contributed by atoms with Gasteiger partial charge in [-0.15, -0.1) is 0 Å². The molecule has 24 heavy (non-hydrogen) atoms. The van der Waals surface area contributed by atoms with E-state index in [1.165, 1.54) is 44.3 Å². The zero-order chi connectivity index (χ0) is 18.1. The van der Waals surface area contributed by atoms with Crippen molar-refractivity contribution >= 4 is 21.9 Å². The van der Waals surface area contributed by atoms with E-state index in [0.717, 1.165) is 4.31 Å². The summed E-state index contributed by atoms with van der Waals surface area (Å²) in [6.07, 6.45) is 0.389. The number of benzene rings is 1. The smallest absolute Gasteiger partial charge is 0.308 e. The van der Waals surface area contributed by atoms with Crippen LogP contribution in [0, 0.1) is 5.92 Å². The third kappa shape index (κ3) is 3.36. The molecule has 1 atom stereocenters. The normalized spacial score (nSPS) is 18.0. The van der Waals surface area contributed by atoms with Crippen LogP contribution in [-0.4, -0.2) is 68.9 Å². The van der Waals surface area contributed by atoms with Gasteiger partial charge in [0, 0.05) is 32.7 Å². The Balaban J connectivity index is 2.36. The zero-order valence-electron chi connectivity index (χ0n) is 13.7. The number of aliphatic carboxylic acids is 1. The van der Waals surface area contributed by atoms with Gasteiger partial charge in [0.25, 0.3) is 5.91 Å². The molecular weight excluding hydrogens is 336 g/mol. The minimum Gasteiger partial charge on any atom is -0.495 e. The average molecular weight is 356 g/mol. The van der Waals surface area contributed by atoms with Crippen LogP contribution in [0.15, 0.2) is 23.1 Å². The minimum atomic E-state index is -3.78. The topological polar surface area (TPSA) is 104 Å². The highest BCUT2D eigenvalue weighted by Crippen LogP contribution is 2.28. The Kier molecular flexibility index (Phi) is 5.14. The molecule has 0 spiro atoms. The molecule has 132 valence electrons. The van der Waals surface area contributed by atoms with Gasteiger partial charge in [0.1, 0.15) is 10.6 Å². The molecule has 1 aliphatic rings. The third-order valence-corrected chi connectivity index (χ3v) is 5.83. The van der Waals surface area contributed by atoms with Gasteiger partial charge in [-0.3, -0.25) is 9.59 Å². The zero-order valence-corrected chi connectivity index (χ0v) is 14.5. The van der Waals surface area contributed by atoms with Gasteiger partial charge in [0.05, 0.1) is 13.0 Å². The molecule has 0 aromatic heterocycles. The largest absolute Gasteiger partial charge is 0.495 e. The number of ether oxygens (including phenoxy) is 1. The Labute approximate surface area is 140 Å². The fourth-order valence-corrected chi connectivity index (χ4v) is 3.61. The Morgan fingerprint density at radius 1 is 1.33 bits per heavy atom. The van der Waals surface area contributed by atoms with Crippen LogP contribution in [0.25, 0.3) is 0 Å². The second-order valence-electron chi connectivity index (χ2n) is 5.73. The van der Waals surface area contributed by atoms with Crippen molar-refractivity contribution in [2.45, 2.75) is 11.3 Å². The molecule has 1 fully saturated rings. The van der Waals surface area contributed by atoms with E-state index in [1.54, 1.807) is 0 Å². The highest BCUT2D eigenvalue weighted by molar-refractivity contribution is 7.89. The molecule has 1 aromatic carbocycles. The number of hydrogen-bond donors (Lipinski definition) is 1. The van der Waals surface area contributed by atoms with Gasteiger partial charge in [0.2, 0.25) is 10.0 Å². The standard InChI is InChI=1S/C15H20N2O6S/c1-16(2)24(21,22)13-8-10(4-5-12(13)23-3)14(18)17-7-6-11(9-17)15(19)20/h4-5,8,11H,6-7,9H2,1-3H3,(H,19,20). The molecule has 0 radical (unpaired) electrons. The van der Waals surface area contributed by atoms with E-state index in [0.29, 0.717) is 13.0 Å². The Hall–Kier alpha value is -2.13. The number of likely N-dealkylation sites (tertiary alicyclic amines) is 1. The first-order valence-electron chi connectivity index (χ1n) is 7.31. The number of hydrogen-bond acceptors (Lipinski definition) is 5. The number of carbonyl (C=O) groups is 2. The maximum Gasteiger partial charge on any atom is 0.308 e. The van der Waals surface area contributed by atoms with Crippen LogP contribution in [0.1, 0.15) is 16.8 Å². The molecule has 0 bridgehead atoms. The van der Waals surface area contributed by atoms with Crippen LogP contribution >= 0.6 is 0 Å². The number of rotatable bonds is 5. The van der Waals surface area contributed by atoms with Crippen molar-refractivity contribution < 1.29 is 27.9 Å². The molecule has 0 saturated carbocycles. The molecule has 2 rings (SSSR count). The van der Waals surface area contributed by atoms with Crippen molar-refractivity contribution in [3.63, 3.8) is 0 Å². The number of carboxylic acid groups (broad SMARTS) is 1. The highest BCUT2D eigenvalue weighted by atomic mass is 32.2. The molecule has 1 aromatic rings. The van der Waals surface area contributed by atoms with Gasteiger partial charge >= 0.3 is 5.97 Å². The second kappa shape index (κ2) is 6.78. The van der Waals surface area contributed by atoms with Gasteiger partial charge in [-0.1, -0.05) is 0 Å². The summed E-state index contributed by atoms with van der Waals surface area (Å²) in [5, 5.41) is 9.02. The molecule has 1 aliphatic heterocycles. The van der Waals surface area contributed by atoms with E-state index < -0.39 is 27.8 Å². The minimum absolute atomic E-state index is 0.102. The lowest BCUT2D eigenvalue weighted by Crippen LogP contribution is -2.30. The predicted octanol–water partition coefficient (Wildman–Crippen LogP) is 0.492. The molecule has 8 nitrogen and oxygen atoms in total. The SMILES string of the molecule is COc1ccc(C(=O)N2CCC(C(=O)O)C2)cc1S(=O)(=O)N(C)C. The second-order valence-corrected chi connectivity index (χ2v) is 7.85. The Bertz CT molecular complexity index is 759. The molecular formula is C15H20N2O6S. The van der Waals surface area contributed by atoms with Crippen LogP contribution in [-0.2, 0) is 14.8 Å². The summed E-state index contributed by atoms with van der Waals surface area (Å²) in [4.78, 5) is 24.9. The quantitative estimate of drug-likeness (QED) is 0.823. The van der Waals surface area contributed by atoms with E-state index in [9.17, 15) is 18.0 Å². The van der Waals surface area contributed by atoms with Crippen molar-refractivity contribution in [1.29, 1.82) is 0 Å². The van der Waals surface area contributed by atoms with Crippen molar-refractivity contribution in [3.8, 4) is 5.75 Å². The fourth-order valence-electron chi connectivity index (χ4n) is 2.54. The molecule has 1 N–H and O–H groups in total. The number of methoxy groups -OCH3 is 1. The summed E-state index contributed by atoms with van der Waals surface area (Å²) >= 11 is 0. The third-order valence-electron chi connectivity index (χ3n) is 3.99. The van der Waals surface area contributed by atoms with Gasteiger partial charge in [-0.2, -0.15) is 0 Å². The van der Waals surface area contributed by atoms with Crippen molar-refractivity contribution in [2.75, 3.05) is 34.3 Å². The summed E-state index contributed by atoms with van der Waals surface area (Å²) in [6.45, 7) is 0.452. The lowest BCUT2D eigenvalue weighted by atomic mass is 10.1. The molecule has 1 heterocycles. The fraction of sp³-hybridized carbons (Fsp3) is 0.467. The lowest BCUT2D eigenvalue weighted by Gasteiger charge is -2.18. The number of carbonyl (C=O) groups excluding carboxylic acids is 1. The molecule has 9 heteroatoms. The summed E-state index contributed by atoms with van der Waals surface area (Å²) in [6, 6.07) is 4.17. The molecule has 1 unspecified atom stereocenters. The monoisotopic (exact) mass is 356 g/mol. The van der Waals surface area contributed by atoms with E-state index in [1.807, 2.05) is 0 Å². The molecule has 1 saturated heterocycles. The maximum atomic E-state index is 12.5. The van der Waals surface area contributed by atoms with Gasteiger partial charge < -0.3 is 14.7 Å². The number of carboxylic acids is 1. The van der Waals surface area contributed by atoms with Gasteiger partial charge in [0.15, 0.2) is 0 Å². The van der Waals surface area contributed by atoms with E-state index in [-0.39, 0.29) is 22.8 Å². The van der Waals surface area contributed by atoms with Crippen LogP contribution in [0.2, 0.25) is 0 Å². The summed E-state index contributed by atoms with van der Waals surface area (Å²) in [5.41, 5.74) is 0.183. The first kappa shape index (κ1) is 18.2. The van der Waals surface area contributed by atoms with E-state index in [4.69, 9.17) is 9.84 Å². The van der Waals surface area contributed by atoms with Crippen molar-refractivity contribution in [3.05, 3.63) is 23.8 Å². The number of nitrogens with zero attached hydrogens (tertiary/aromatic N) is 2. The van der Waals surface area contributed by atoms with Gasteiger partial charge in [-0.25, -0.2) is 12.7 Å². The Morgan fingerprint density at radius 2 is 2.00 bits per heavy atom. The first-order valence-corrected chi connectivity index (χ1v) is 8.75. The van der Waals surface area contributed by atoms with E-state index >= 15 is 0 Å².